The molecule has 0 fully saturated rings. The van der Waals surface area contributed by atoms with E-state index in [0.717, 1.165) is 17.1 Å². The normalized spacial score (nSPS) is 10.4. The Morgan fingerprint density at radius 1 is 1.28 bits per heavy atom. The standard InChI is InChI=1S/C7H10N2O.C7H6O/c1-6-4-8-5-7(9-6)2-3-10;1-8-7-4-5-2-3-6(5)7/h4-5,10H,2-3H2,1H3;2-4H,1H3. The molecule has 4 heteroatoms. The van der Waals surface area contributed by atoms with Crippen molar-refractivity contribution in [3.8, 4) is 5.75 Å². The molecule has 0 spiro atoms. The van der Waals surface area contributed by atoms with Crippen molar-refractivity contribution in [2.75, 3.05) is 13.7 Å². The zero-order valence-corrected chi connectivity index (χ0v) is 10.6. The van der Waals surface area contributed by atoms with Gasteiger partial charge in [-0.05, 0) is 18.2 Å². The first-order valence-corrected chi connectivity index (χ1v) is 5.81. The van der Waals surface area contributed by atoms with Gasteiger partial charge in [0.05, 0.1) is 18.5 Å². The van der Waals surface area contributed by atoms with Gasteiger partial charge in [0.15, 0.2) is 0 Å². The van der Waals surface area contributed by atoms with Gasteiger partial charge in [-0.25, -0.2) is 0 Å². The first-order chi connectivity index (χ1) is 8.74. The molecule has 1 aromatic rings. The third-order valence-corrected chi connectivity index (χ3v) is 2.69. The first-order valence-electron chi connectivity index (χ1n) is 5.81. The van der Waals surface area contributed by atoms with Gasteiger partial charge in [0, 0.05) is 30.6 Å². The Balaban J connectivity index is 0.000000136. The number of aliphatic hydroxyl groups excluding tert-OH is 1. The van der Waals surface area contributed by atoms with E-state index in [9.17, 15) is 0 Å². The Kier molecular flexibility index (Phi) is 3.89. The third kappa shape index (κ3) is 2.65. The van der Waals surface area contributed by atoms with Gasteiger partial charge in [-0.15, -0.1) is 0 Å². The lowest BCUT2D eigenvalue weighted by molar-refractivity contribution is 0.298. The molecule has 3 rings (SSSR count). The van der Waals surface area contributed by atoms with E-state index in [-0.39, 0.29) is 6.61 Å². The third-order valence-electron chi connectivity index (χ3n) is 2.69. The van der Waals surface area contributed by atoms with Crippen molar-refractivity contribution in [2.45, 2.75) is 13.3 Å². The zero-order valence-electron chi connectivity index (χ0n) is 10.6. The number of aryl methyl sites for hydroxylation is 1. The van der Waals surface area contributed by atoms with E-state index < -0.39 is 0 Å². The van der Waals surface area contributed by atoms with Crippen molar-refractivity contribution in [3.05, 3.63) is 52.4 Å². The van der Waals surface area contributed by atoms with Crippen molar-refractivity contribution in [1.29, 1.82) is 0 Å². The molecular weight excluding hydrogens is 228 g/mol. The SMILES string of the molecule is COc1cc2ccc1=2.Cc1cncc(CCO)n1. The maximum Gasteiger partial charge on any atom is 0.127 e. The Morgan fingerprint density at radius 3 is 2.50 bits per heavy atom. The summed E-state index contributed by atoms with van der Waals surface area (Å²) in [4.78, 5) is 8.07. The molecule has 0 radical (unpaired) electrons. The average Bonchev–Trinajstić information content (AvgIpc) is 2.34. The van der Waals surface area contributed by atoms with Crippen LogP contribution in [0.4, 0.5) is 0 Å². The number of nitrogens with zero attached hydrogens (tertiary/aromatic N) is 2. The molecule has 1 heterocycles. The molecule has 1 aromatic heterocycles. The molecule has 18 heavy (non-hydrogen) atoms. The molecule has 0 bridgehead atoms. The van der Waals surface area contributed by atoms with Gasteiger partial charge in [0.1, 0.15) is 5.75 Å². The second-order valence-corrected chi connectivity index (χ2v) is 4.04. The van der Waals surface area contributed by atoms with Crippen LogP contribution in [0.2, 0.25) is 0 Å². The molecule has 1 N–H and O–H groups in total. The zero-order chi connectivity index (χ0) is 13.0. The van der Waals surface area contributed by atoms with Gasteiger partial charge >= 0.3 is 0 Å². The summed E-state index contributed by atoms with van der Waals surface area (Å²) < 4.78 is 4.97. The highest BCUT2D eigenvalue weighted by Crippen LogP contribution is 2.22. The summed E-state index contributed by atoms with van der Waals surface area (Å²) in [7, 11) is 1.70. The topological polar surface area (TPSA) is 55.2 Å². The van der Waals surface area contributed by atoms with Crippen LogP contribution in [0, 0.1) is 17.4 Å². The van der Waals surface area contributed by atoms with Gasteiger partial charge in [0.25, 0.3) is 0 Å². The van der Waals surface area contributed by atoms with Crippen LogP contribution in [-0.4, -0.2) is 28.8 Å². The molecule has 0 atom stereocenters. The molecule has 0 saturated carbocycles. The number of aromatic nitrogens is 2. The van der Waals surface area contributed by atoms with Crippen molar-refractivity contribution in [2.24, 2.45) is 0 Å². The maximum absolute atomic E-state index is 8.54. The van der Waals surface area contributed by atoms with Crippen LogP contribution in [0.5, 0.6) is 5.75 Å². The van der Waals surface area contributed by atoms with Crippen molar-refractivity contribution < 1.29 is 9.84 Å². The first kappa shape index (κ1) is 12.5. The monoisotopic (exact) mass is 244 g/mol. The van der Waals surface area contributed by atoms with E-state index in [2.05, 4.69) is 22.1 Å². The number of ether oxygens (including phenoxy) is 1. The highest BCUT2D eigenvalue weighted by molar-refractivity contribution is 5.38. The maximum atomic E-state index is 8.54. The van der Waals surface area contributed by atoms with Crippen LogP contribution >= 0.6 is 0 Å². The molecule has 0 aromatic carbocycles. The van der Waals surface area contributed by atoms with Crippen LogP contribution in [0.1, 0.15) is 11.4 Å². The molecule has 0 aliphatic heterocycles. The highest BCUT2D eigenvalue weighted by Gasteiger charge is 2.03. The van der Waals surface area contributed by atoms with Crippen LogP contribution < -0.4 is 4.74 Å². The Hall–Kier alpha value is -1.94. The molecule has 4 nitrogen and oxygen atoms in total. The van der Waals surface area contributed by atoms with Gasteiger partial charge in [-0.1, -0.05) is 12.1 Å². The van der Waals surface area contributed by atoms with Gasteiger partial charge in [0.2, 0.25) is 0 Å². The van der Waals surface area contributed by atoms with Gasteiger partial charge in [-0.3, -0.25) is 9.97 Å². The van der Waals surface area contributed by atoms with E-state index in [4.69, 9.17) is 9.84 Å². The largest absolute Gasteiger partial charge is 0.496 e. The van der Waals surface area contributed by atoms with E-state index in [1.165, 1.54) is 10.4 Å². The molecule has 2 aliphatic rings. The molecule has 2 aliphatic carbocycles. The lowest BCUT2D eigenvalue weighted by Crippen LogP contribution is -1.96. The smallest absolute Gasteiger partial charge is 0.127 e. The fraction of sp³-hybridized carbons (Fsp3) is 0.286. The number of methoxy groups -OCH3 is 1. The van der Waals surface area contributed by atoms with E-state index in [1.54, 1.807) is 19.5 Å². The second-order valence-electron chi connectivity index (χ2n) is 4.04. The summed E-state index contributed by atoms with van der Waals surface area (Å²) in [5.41, 5.74) is 1.74. The Morgan fingerprint density at radius 2 is 2.11 bits per heavy atom. The lowest BCUT2D eigenvalue weighted by atomic mass is 10.1. The van der Waals surface area contributed by atoms with Crippen molar-refractivity contribution in [1.82, 2.24) is 9.97 Å². The fourth-order valence-electron chi connectivity index (χ4n) is 1.67. The Labute approximate surface area is 106 Å². The number of hydrogen-bond donors (Lipinski definition) is 1. The molecule has 0 unspecified atom stereocenters. The average molecular weight is 244 g/mol. The molecule has 0 amide bonds. The summed E-state index contributed by atoms with van der Waals surface area (Å²) >= 11 is 0. The van der Waals surface area contributed by atoms with E-state index >= 15 is 0 Å². The van der Waals surface area contributed by atoms with E-state index in [0.29, 0.717) is 6.42 Å². The van der Waals surface area contributed by atoms with Crippen LogP contribution in [0.3, 0.4) is 0 Å². The minimum absolute atomic E-state index is 0.137. The second kappa shape index (κ2) is 5.60. The van der Waals surface area contributed by atoms with Gasteiger partial charge < -0.3 is 9.84 Å². The number of hydrogen-bond acceptors (Lipinski definition) is 4. The van der Waals surface area contributed by atoms with Crippen molar-refractivity contribution >= 4 is 0 Å². The summed E-state index contributed by atoms with van der Waals surface area (Å²) in [6.45, 7) is 2.02. The van der Waals surface area contributed by atoms with Crippen LogP contribution in [0.15, 0.2) is 30.6 Å². The highest BCUT2D eigenvalue weighted by atomic mass is 16.5. The quantitative estimate of drug-likeness (QED) is 0.760. The predicted octanol–water partition coefficient (Wildman–Crippen LogP) is 1.62. The molecular formula is C14H16N2O2. The number of aliphatic hydroxyl groups is 1. The number of benzene rings is 1. The minimum atomic E-state index is 0.137. The van der Waals surface area contributed by atoms with Crippen LogP contribution in [0.25, 0.3) is 0 Å². The summed E-state index contributed by atoms with van der Waals surface area (Å²) in [5.74, 6) is 1.03. The van der Waals surface area contributed by atoms with Crippen molar-refractivity contribution in [3.63, 3.8) is 0 Å². The fourth-order valence-corrected chi connectivity index (χ4v) is 1.67. The summed E-state index contributed by atoms with van der Waals surface area (Å²) in [5, 5.41) is 11.2. The summed E-state index contributed by atoms with van der Waals surface area (Å²) in [6, 6.07) is 6.18. The van der Waals surface area contributed by atoms with Gasteiger partial charge in [-0.2, -0.15) is 0 Å². The van der Waals surface area contributed by atoms with E-state index in [1.807, 2.05) is 13.0 Å². The Bertz CT molecular complexity index is 626. The molecule has 94 valence electrons. The minimum Gasteiger partial charge on any atom is -0.496 e. The predicted molar refractivity (Wildman–Crippen MR) is 68.2 cm³/mol. The number of rotatable bonds is 3. The van der Waals surface area contributed by atoms with Crippen LogP contribution in [-0.2, 0) is 6.42 Å². The lowest BCUT2D eigenvalue weighted by Gasteiger charge is -2.08. The summed E-state index contributed by atoms with van der Waals surface area (Å²) in [6.07, 6.45) is 3.96. The molecule has 0 saturated heterocycles.